The Hall–Kier alpha value is -8.25. The molecule has 0 amide bonds. The molecule has 47 heavy (non-hydrogen) atoms. The summed E-state index contributed by atoms with van der Waals surface area (Å²) in [4.78, 5) is 16.4. The molecule has 0 saturated heterocycles. The Morgan fingerprint density at radius 2 is 1.26 bits per heavy atom. The van der Waals surface area contributed by atoms with Gasteiger partial charge in [-0.1, -0.05) is 0 Å². The lowest BCUT2D eigenvalue weighted by atomic mass is 9.88. The number of benzene rings is 2. The zero-order chi connectivity index (χ0) is 34.2. The number of allylic oxidation sites excluding steroid dienone is 7. The van der Waals surface area contributed by atoms with Gasteiger partial charge in [0.25, 0.3) is 11.4 Å². The molecule has 1 aromatic heterocycles. The first-order valence-corrected chi connectivity index (χ1v) is 12.6. The fourth-order valence-corrected chi connectivity index (χ4v) is 5.48. The fraction of sp³-hybridized carbons (Fsp3) is 0. The van der Waals surface area contributed by atoms with Crippen LogP contribution in [0.15, 0.2) is 41.9 Å². The molecule has 2 aliphatic carbocycles. The average Bonchev–Trinajstić information content (AvgIpc) is 3.58. The van der Waals surface area contributed by atoms with E-state index in [1.807, 2.05) is 12.1 Å². The third-order valence-electron chi connectivity index (χ3n) is 7.25. The number of aromatic nitrogens is 1. The Bertz CT molecular complexity index is 2560. The number of halogens is 3. The molecule has 0 spiro atoms. The van der Waals surface area contributed by atoms with Gasteiger partial charge in [-0.3, -0.25) is 0 Å². The molecular weight excluding hydrogens is 605 g/mol. The van der Waals surface area contributed by atoms with Crippen molar-refractivity contribution in [3.8, 4) is 30.3 Å². The van der Waals surface area contributed by atoms with E-state index in [1.54, 1.807) is 18.2 Å². The highest BCUT2D eigenvalue weighted by atomic mass is 19.1. The van der Waals surface area contributed by atoms with Gasteiger partial charge in [-0.25, -0.2) is 48.1 Å². The van der Waals surface area contributed by atoms with Crippen LogP contribution >= 0.6 is 0 Å². The van der Waals surface area contributed by atoms with Crippen molar-refractivity contribution in [3.63, 3.8) is 0 Å². The number of hydrogen-bond acceptors (Lipinski definition) is 6. The van der Waals surface area contributed by atoms with Crippen LogP contribution < -0.4 is 0 Å². The van der Waals surface area contributed by atoms with Crippen molar-refractivity contribution in [2.24, 2.45) is 0 Å². The highest BCUT2D eigenvalue weighted by molar-refractivity contribution is 6.30. The van der Waals surface area contributed by atoms with Gasteiger partial charge in [0.15, 0.2) is 0 Å². The van der Waals surface area contributed by atoms with Gasteiger partial charge in [-0.15, -0.1) is 0 Å². The molecule has 0 unspecified atom stereocenters. The summed E-state index contributed by atoms with van der Waals surface area (Å²) in [6.45, 7) is 30.4. The third kappa shape index (κ3) is 4.23. The Morgan fingerprint density at radius 1 is 0.638 bits per heavy atom. The largest absolute Gasteiger partial charge is 0.270 e. The van der Waals surface area contributed by atoms with Crippen molar-refractivity contribution in [2.75, 3.05) is 0 Å². The summed E-state index contributed by atoms with van der Waals surface area (Å²) in [5.41, 5.74) is -7.15. The first kappa shape index (κ1) is 30.2. The van der Waals surface area contributed by atoms with E-state index in [1.165, 1.54) is 6.07 Å². The minimum Gasteiger partial charge on any atom is -0.242 e. The van der Waals surface area contributed by atoms with E-state index in [0.29, 0.717) is 18.3 Å². The van der Waals surface area contributed by atoms with Crippen LogP contribution in [0.3, 0.4) is 0 Å². The van der Waals surface area contributed by atoms with Crippen LogP contribution in [0.4, 0.5) is 18.9 Å². The molecule has 0 atom stereocenters. The monoisotopic (exact) mass is 610 g/mol. The maximum atomic E-state index is 15.5. The van der Waals surface area contributed by atoms with Crippen molar-refractivity contribution < 1.29 is 13.2 Å². The number of nitriles is 5. The van der Waals surface area contributed by atoms with Gasteiger partial charge < -0.3 is 0 Å². The van der Waals surface area contributed by atoms with E-state index in [-0.39, 0.29) is 39.1 Å². The summed E-state index contributed by atoms with van der Waals surface area (Å²) in [5.74, 6) is -3.41. The number of nitrogens with zero attached hydrogens (tertiary/aromatic N) is 10. The van der Waals surface area contributed by atoms with E-state index in [2.05, 4.69) is 24.4 Å². The molecule has 1 heterocycles. The molecule has 0 saturated carbocycles. The fourth-order valence-electron chi connectivity index (χ4n) is 5.48. The number of pyridine rings is 1. The van der Waals surface area contributed by atoms with E-state index in [0.717, 1.165) is 6.07 Å². The average molecular weight is 610 g/mol. The SMILES string of the molecule is [C-]#[N+]C1=C(c2cc(F)c([N+]#[C-])cc2F)/C(=C(/C#N)[N+]#[C-])c2cc3c(c(C#N)c21)C(C#N)=C(c1cc(C#N)ncc1F)/C3=C(\C#N)[N+]#[C-]. The summed E-state index contributed by atoms with van der Waals surface area (Å²) in [6.07, 6.45) is 0.695. The lowest BCUT2D eigenvalue weighted by Crippen LogP contribution is -1.99. The minimum atomic E-state index is -1.19. The smallest absolute Gasteiger partial charge is 0.242 e. The molecule has 2 aliphatic rings. The molecule has 5 rings (SSSR count). The van der Waals surface area contributed by atoms with E-state index in [4.69, 9.17) is 26.3 Å². The summed E-state index contributed by atoms with van der Waals surface area (Å²) in [7, 11) is 0. The zero-order valence-corrected chi connectivity index (χ0v) is 23.0. The van der Waals surface area contributed by atoms with Gasteiger partial charge in [0.05, 0.1) is 61.8 Å². The molecule has 0 aliphatic heterocycles. The van der Waals surface area contributed by atoms with Crippen LogP contribution in [-0.4, -0.2) is 4.98 Å². The quantitative estimate of drug-likeness (QED) is 0.219. The maximum Gasteiger partial charge on any atom is 0.270 e. The summed E-state index contributed by atoms with van der Waals surface area (Å²) < 4.78 is 45.7. The highest BCUT2D eigenvalue weighted by Crippen LogP contribution is 2.57. The van der Waals surface area contributed by atoms with Crippen molar-refractivity contribution in [2.45, 2.75) is 0 Å². The minimum absolute atomic E-state index is 0.172. The van der Waals surface area contributed by atoms with Crippen molar-refractivity contribution >= 4 is 39.2 Å². The zero-order valence-electron chi connectivity index (χ0n) is 23.0. The Balaban J connectivity index is 2.06. The van der Waals surface area contributed by atoms with Crippen LogP contribution in [0, 0.1) is 100 Å². The molecule has 10 nitrogen and oxygen atoms in total. The second-order valence-corrected chi connectivity index (χ2v) is 9.36. The molecule has 13 heteroatoms. The first-order valence-electron chi connectivity index (χ1n) is 12.6. The van der Waals surface area contributed by atoms with Gasteiger partial charge in [0.2, 0.25) is 11.4 Å². The van der Waals surface area contributed by atoms with Gasteiger partial charge >= 0.3 is 0 Å². The van der Waals surface area contributed by atoms with Crippen LogP contribution in [0.2, 0.25) is 0 Å². The van der Waals surface area contributed by atoms with Crippen molar-refractivity contribution in [1.82, 2.24) is 4.98 Å². The van der Waals surface area contributed by atoms with Gasteiger partial charge in [-0.05, 0) is 46.5 Å². The van der Waals surface area contributed by atoms with E-state index < -0.39 is 73.6 Å². The van der Waals surface area contributed by atoms with Crippen LogP contribution in [0.5, 0.6) is 0 Å². The van der Waals surface area contributed by atoms with Gasteiger partial charge in [0.1, 0.15) is 35.3 Å². The van der Waals surface area contributed by atoms with Crippen LogP contribution in [0.25, 0.3) is 52.9 Å². The van der Waals surface area contributed by atoms with Crippen molar-refractivity contribution in [1.29, 1.82) is 26.3 Å². The van der Waals surface area contributed by atoms with Crippen molar-refractivity contribution in [3.05, 3.63) is 150 Å². The Labute approximate surface area is 263 Å². The standard InChI is InChI=1S/C34H5F3N10/c1-43-25-8-22(35)17(7-23(25)36)33-32(27(13-42)45-3)19-6-18-28(21(11-40)30(19)34(33)46-4)20(10-39)29(31(18)26(12-41)44-2)16-5-15(9-38)47-14-24(16)37/h5-8,14H/b31-26+,32-27-. The molecule has 0 bridgehead atoms. The van der Waals surface area contributed by atoms with Crippen LogP contribution in [-0.2, 0) is 0 Å². The molecular formula is C34H5F3N10. The predicted molar refractivity (Wildman–Crippen MR) is 157 cm³/mol. The van der Waals surface area contributed by atoms with E-state index >= 15 is 8.78 Å². The summed E-state index contributed by atoms with van der Waals surface area (Å²) >= 11 is 0. The number of fused-ring (bicyclic) bond motifs is 2. The topological polar surface area (TPSA) is 149 Å². The maximum absolute atomic E-state index is 15.5. The molecule has 3 aromatic rings. The number of hydrogen-bond donors (Lipinski definition) is 0. The lowest BCUT2D eigenvalue weighted by molar-refractivity contribution is 0.602. The highest BCUT2D eigenvalue weighted by Gasteiger charge is 2.41. The summed E-state index contributed by atoms with van der Waals surface area (Å²) in [5, 5.41) is 50.1. The van der Waals surface area contributed by atoms with Gasteiger partial charge in [0, 0.05) is 33.4 Å². The summed E-state index contributed by atoms with van der Waals surface area (Å²) in [6, 6.07) is 12.1. The second-order valence-electron chi connectivity index (χ2n) is 9.36. The Kier molecular flexibility index (Phi) is 7.36. The number of rotatable bonds is 2. The van der Waals surface area contributed by atoms with Crippen LogP contribution in [0.1, 0.15) is 44.6 Å². The normalized spacial score (nSPS) is 14.4. The van der Waals surface area contributed by atoms with E-state index in [9.17, 15) is 30.7 Å². The second kappa shape index (κ2) is 11.4. The lowest BCUT2D eigenvalue weighted by Gasteiger charge is -2.14. The third-order valence-corrected chi connectivity index (χ3v) is 7.25. The molecule has 2 aromatic carbocycles. The predicted octanol–water partition coefficient (Wildman–Crippen LogP) is 7.35. The molecule has 0 radical (unpaired) electrons. The molecule has 0 N–H and O–H groups in total. The molecule has 0 fully saturated rings. The van der Waals surface area contributed by atoms with Gasteiger partial charge in [-0.2, -0.15) is 15.8 Å². The first-order chi connectivity index (χ1) is 22.7. The molecule has 212 valence electrons. The Morgan fingerprint density at radius 3 is 1.79 bits per heavy atom.